The lowest BCUT2D eigenvalue weighted by atomic mass is 9.90. The molecule has 1 aromatic heterocycles. The second-order valence-electron chi connectivity index (χ2n) is 12.9. The van der Waals surface area contributed by atoms with Gasteiger partial charge in [0, 0.05) is 56.1 Å². The van der Waals surface area contributed by atoms with Crippen LogP contribution >= 0.6 is 0 Å². The number of aromatic nitrogens is 1. The van der Waals surface area contributed by atoms with Gasteiger partial charge in [-0.2, -0.15) is 0 Å². The first-order chi connectivity index (χ1) is 22.5. The number of nitrogens with one attached hydrogen (secondary N) is 1. The molecule has 4 nitrogen and oxygen atoms in total. The lowest BCUT2D eigenvalue weighted by Gasteiger charge is -2.31. The maximum Gasteiger partial charge on any atom is 0.137 e. The Bertz CT molecular complexity index is 1890. The molecule has 0 unspecified atom stereocenters. The van der Waals surface area contributed by atoms with Gasteiger partial charge in [-0.25, -0.2) is 0 Å². The lowest BCUT2D eigenvalue weighted by molar-refractivity contribution is -0.119. The third kappa shape index (κ3) is 7.64. The minimum absolute atomic E-state index is 0.197. The number of ketones is 1. The van der Waals surface area contributed by atoms with E-state index in [0.717, 1.165) is 31.5 Å². The molecule has 6 rings (SSSR count). The van der Waals surface area contributed by atoms with Crippen molar-refractivity contribution in [1.29, 1.82) is 0 Å². The minimum atomic E-state index is 0.197. The monoisotopic (exact) mass is 607 g/mol. The Labute approximate surface area is 273 Å². The number of carbonyl (C=O) groups excluding carboxylic acids is 1. The largest absolute Gasteiger partial charge is 0.350 e. The Kier molecular flexibility index (Phi) is 10.1. The normalized spacial score (nSPS) is 13.0. The highest BCUT2D eigenvalue weighted by Gasteiger charge is 2.23. The first-order valence-corrected chi connectivity index (χ1v) is 16.5. The zero-order valence-electron chi connectivity index (χ0n) is 27.3. The molecule has 234 valence electrons. The average Bonchev–Trinajstić information content (AvgIpc) is 3.39. The van der Waals surface area contributed by atoms with Crippen LogP contribution in [-0.4, -0.2) is 48.5 Å². The molecule has 0 amide bonds. The van der Waals surface area contributed by atoms with Crippen molar-refractivity contribution in [2.75, 3.05) is 27.2 Å². The second-order valence-corrected chi connectivity index (χ2v) is 12.9. The Morgan fingerprint density at radius 3 is 2.22 bits per heavy atom. The fraction of sp³-hybridized carbons (Fsp3) is 0.262. The lowest BCUT2D eigenvalue weighted by Crippen LogP contribution is -2.43. The van der Waals surface area contributed by atoms with Crippen LogP contribution in [0.1, 0.15) is 23.1 Å². The van der Waals surface area contributed by atoms with Gasteiger partial charge in [0.15, 0.2) is 0 Å². The molecule has 0 spiro atoms. The van der Waals surface area contributed by atoms with E-state index < -0.39 is 0 Å². The molecule has 0 saturated heterocycles. The highest BCUT2D eigenvalue weighted by molar-refractivity contribution is 5.85. The van der Waals surface area contributed by atoms with Gasteiger partial charge >= 0.3 is 0 Å². The van der Waals surface area contributed by atoms with E-state index in [1.54, 1.807) is 0 Å². The number of benzene rings is 5. The maximum atomic E-state index is 13.7. The molecule has 0 fully saturated rings. The summed E-state index contributed by atoms with van der Waals surface area (Å²) in [7, 11) is 6.37. The number of para-hydroxylation sites is 1. The number of rotatable bonds is 14. The molecular weight excluding hydrogens is 562 g/mol. The van der Waals surface area contributed by atoms with E-state index in [1.165, 1.54) is 43.9 Å². The molecule has 0 aliphatic rings. The van der Waals surface area contributed by atoms with Crippen LogP contribution in [0.15, 0.2) is 128 Å². The molecule has 0 aliphatic carbocycles. The summed E-state index contributed by atoms with van der Waals surface area (Å²) in [5, 5.41) is 7.27. The number of likely N-dealkylation sites (N-methyl/N-ethyl adjacent to an activating group) is 2. The van der Waals surface area contributed by atoms with Gasteiger partial charge in [-0.15, -0.1) is 0 Å². The summed E-state index contributed by atoms with van der Waals surface area (Å²) in [6, 6.07) is 43.2. The molecule has 2 atom stereocenters. The molecule has 1 heterocycles. The summed E-state index contributed by atoms with van der Waals surface area (Å²) in [5.41, 5.74) is 7.33. The number of Topliss-reactive ketones (excluding diaryl/α,β-unsaturated/α-hetero) is 1. The average molecular weight is 608 g/mol. The predicted octanol–water partition coefficient (Wildman–Crippen LogP) is 8.12. The minimum Gasteiger partial charge on any atom is -0.350 e. The van der Waals surface area contributed by atoms with Gasteiger partial charge in [0.05, 0.1) is 0 Å². The number of hydrogen-bond donors (Lipinski definition) is 1. The Morgan fingerprint density at radius 2 is 1.43 bits per heavy atom. The molecule has 4 heteroatoms. The molecule has 0 saturated carbocycles. The number of carbonyl (C=O) groups is 1. The SMILES string of the molecule is CNC[C@@H](Cc1ccc2ccccc2c1)N(C)C[C@@H](CC(=O)Cc1ccc(-c2ccccc2)cc1)Cc1cn(C)c2ccccc12. The van der Waals surface area contributed by atoms with Crippen LogP contribution in [-0.2, 0) is 31.1 Å². The third-order valence-electron chi connectivity index (χ3n) is 9.36. The van der Waals surface area contributed by atoms with E-state index in [2.05, 4.69) is 150 Å². The van der Waals surface area contributed by atoms with Crippen molar-refractivity contribution < 1.29 is 4.79 Å². The molecule has 0 radical (unpaired) electrons. The zero-order valence-corrected chi connectivity index (χ0v) is 27.3. The summed E-state index contributed by atoms with van der Waals surface area (Å²) >= 11 is 0. The quantitative estimate of drug-likeness (QED) is 0.136. The van der Waals surface area contributed by atoms with Gasteiger partial charge < -0.3 is 14.8 Å². The van der Waals surface area contributed by atoms with E-state index in [4.69, 9.17) is 0 Å². The van der Waals surface area contributed by atoms with Crippen molar-refractivity contribution in [3.63, 3.8) is 0 Å². The van der Waals surface area contributed by atoms with Crippen LogP contribution in [0.25, 0.3) is 32.8 Å². The second kappa shape index (κ2) is 14.7. The van der Waals surface area contributed by atoms with E-state index in [9.17, 15) is 4.79 Å². The first kappa shape index (κ1) is 31.5. The van der Waals surface area contributed by atoms with Crippen LogP contribution in [0.4, 0.5) is 0 Å². The van der Waals surface area contributed by atoms with Crippen LogP contribution in [0.2, 0.25) is 0 Å². The molecule has 5 aromatic carbocycles. The Hall–Kier alpha value is -4.51. The summed E-state index contributed by atoms with van der Waals surface area (Å²) in [5.74, 6) is 0.494. The van der Waals surface area contributed by atoms with E-state index in [0.29, 0.717) is 24.7 Å². The van der Waals surface area contributed by atoms with Crippen LogP contribution in [0.5, 0.6) is 0 Å². The van der Waals surface area contributed by atoms with Crippen LogP contribution in [0.3, 0.4) is 0 Å². The highest BCUT2D eigenvalue weighted by atomic mass is 16.1. The van der Waals surface area contributed by atoms with Crippen LogP contribution in [0, 0.1) is 5.92 Å². The van der Waals surface area contributed by atoms with Gasteiger partial charge in [-0.1, -0.05) is 115 Å². The van der Waals surface area contributed by atoms with Crippen molar-refractivity contribution in [3.05, 3.63) is 144 Å². The molecule has 46 heavy (non-hydrogen) atoms. The molecule has 1 N–H and O–H groups in total. The molecular formula is C42H45N3O. The number of hydrogen-bond acceptors (Lipinski definition) is 3. The Morgan fingerprint density at radius 1 is 0.761 bits per heavy atom. The van der Waals surface area contributed by atoms with Crippen molar-refractivity contribution in [2.45, 2.75) is 31.7 Å². The van der Waals surface area contributed by atoms with Gasteiger partial charge in [-0.3, -0.25) is 4.79 Å². The smallest absolute Gasteiger partial charge is 0.137 e. The van der Waals surface area contributed by atoms with E-state index >= 15 is 0 Å². The number of nitrogens with zero attached hydrogens (tertiary/aromatic N) is 2. The van der Waals surface area contributed by atoms with E-state index in [1.807, 2.05) is 13.1 Å². The van der Waals surface area contributed by atoms with Crippen LogP contribution < -0.4 is 5.32 Å². The Balaban J connectivity index is 1.19. The van der Waals surface area contributed by atoms with Crippen molar-refractivity contribution in [1.82, 2.24) is 14.8 Å². The summed E-state index contributed by atoms with van der Waals surface area (Å²) in [4.78, 5) is 16.2. The standard InChI is InChI=1S/C42H45N3O/c1-43-28-39(25-32-19-22-35-13-7-8-14-37(35)23-32)44(2)29-33(24-38-30-45(3)42-16-10-9-15-41(38)42)27-40(46)26-31-17-20-36(21-18-31)34-11-5-4-6-12-34/h4-23,30,33,39,43H,24-29H2,1-3H3/t33-,39-/m1/s1. The van der Waals surface area contributed by atoms with E-state index in [-0.39, 0.29) is 5.92 Å². The zero-order chi connectivity index (χ0) is 31.9. The fourth-order valence-corrected chi connectivity index (χ4v) is 6.98. The third-order valence-corrected chi connectivity index (χ3v) is 9.36. The topological polar surface area (TPSA) is 37.3 Å². The summed E-state index contributed by atoms with van der Waals surface area (Å²) < 4.78 is 2.21. The van der Waals surface area contributed by atoms with Crippen molar-refractivity contribution >= 4 is 27.5 Å². The van der Waals surface area contributed by atoms with Crippen molar-refractivity contribution in [2.24, 2.45) is 13.0 Å². The highest BCUT2D eigenvalue weighted by Crippen LogP contribution is 2.26. The van der Waals surface area contributed by atoms with Crippen molar-refractivity contribution in [3.8, 4) is 11.1 Å². The molecule has 0 bridgehead atoms. The maximum absolute atomic E-state index is 13.7. The fourth-order valence-electron chi connectivity index (χ4n) is 6.98. The molecule has 0 aliphatic heterocycles. The van der Waals surface area contributed by atoms with Gasteiger partial charge in [0.2, 0.25) is 0 Å². The number of fused-ring (bicyclic) bond motifs is 2. The van der Waals surface area contributed by atoms with Gasteiger partial charge in [-0.05, 0) is 77.5 Å². The van der Waals surface area contributed by atoms with Gasteiger partial charge in [0.1, 0.15) is 5.78 Å². The molecule has 6 aromatic rings. The summed E-state index contributed by atoms with van der Waals surface area (Å²) in [6.07, 6.45) is 5.08. The summed E-state index contributed by atoms with van der Waals surface area (Å²) in [6.45, 7) is 1.73. The number of aryl methyl sites for hydroxylation is 1. The predicted molar refractivity (Wildman–Crippen MR) is 193 cm³/mol. The first-order valence-electron chi connectivity index (χ1n) is 16.5. The van der Waals surface area contributed by atoms with Gasteiger partial charge in [0.25, 0.3) is 0 Å².